The van der Waals surface area contributed by atoms with Crippen LogP contribution in [0.1, 0.15) is 28.9 Å². The summed E-state index contributed by atoms with van der Waals surface area (Å²) in [5.41, 5.74) is 2.79. The first-order valence-corrected chi connectivity index (χ1v) is 11.7. The van der Waals surface area contributed by atoms with E-state index in [2.05, 4.69) is 15.6 Å². The van der Waals surface area contributed by atoms with E-state index in [1.165, 1.54) is 16.2 Å². The third kappa shape index (κ3) is 4.40. The molecule has 0 spiro atoms. The Labute approximate surface area is 199 Å². The molecule has 0 unspecified atom stereocenters. The van der Waals surface area contributed by atoms with Crippen LogP contribution >= 0.6 is 11.3 Å². The van der Waals surface area contributed by atoms with E-state index < -0.39 is 0 Å². The molecule has 0 aliphatic carbocycles. The number of nitrogens with zero attached hydrogens (tertiary/aromatic N) is 3. The summed E-state index contributed by atoms with van der Waals surface area (Å²) in [6.45, 7) is 0.601. The van der Waals surface area contributed by atoms with Crippen LogP contribution in [-0.4, -0.2) is 41.7 Å². The van der Waals surface area contributed by atoms with Gasteiger partial charge in [0.2, 0.25) is 17.7 Å². The van der Waals surface area contributed by atoms with Crippen molar-refractivity contribution < 1.29 is 19.2 Å². The molecule has 3 heterocycles. The number of amides is 4. The summed E-state index contributed by atoms with van der Waals surface area (Å²) in [6.07, 6.45) is 1.44. The molecular weight excluding hydrogens is 454 g/mol. The fourth-order valence-corrected chi connectivity index (χ4v) is 4.86. The highest BCUT2D eigenvalue weighted by Crippen LogP contribution is 2.30. The Morgan fingerprint density at radius 2 is 1.88 bits per heavy atom. The predicted molar refractivity (Wildman–Crippen MR) is 129 cm³/mol. The summed E-state index contributed by atoms with van der Waals surface area (Å²) in [6, 6.07) is 13.7. The lowest BCUT2D eigenvalue weighted by molar-refractivity contribution is -0.117. The maximum atomic E-state index is 13.0. The van der Waals surface area contributed by atoms with Gasteiger partial charge in [0.15, 0.2) is 5.13 Å². The first-order chi connectivity index (χ1) is 16.5. The molecule has 0 radical (unpaired) electrons. The minimum atomic E-state index is -0.299. The molecule has 4 amide bonds. The Hall–Kier alpha value is -4.05. The number of carbonyl (C=O) groups is 4. The van der Waals surface area contributed by atoms with Crippen molar-refractivity contribution in [1.29, 1.82) is 0 Å². The van der Waals surface area contributed by atoms with E-state index in [0.717, 1.165) is 6.42 Å². The van der Waals surface area contributed by atoms with Crippen LogP contribution in [0.15, 0.2) is 53.9 Å². The Kier molecular flexibility index (Phi) is 5.81. The van der Waals surface area contributed by atoms with Crippen molar-refractivity contribution in [1.82, 2.24) is 4.98 Å². The van der Waals surface area contributed by atoms with Gasteiger partial charge in [-0.15, -0.1) is 11.3 Å². The lowest BCUT2D eigenvalue weighted by atomic mass is 10.1. The molecule has 34 heavy (non-hydrogen) atoms. The van der Waals surface area contributed by atoms with Crippen molar-refractivity contribution in [2.75, 3.05) is 33.5 Å². The SMILES string of the molecule is O=C(Cc1csc(N2CCCC2=O)n1)Nc1ccc(C(=O)N2CC(=O)Nc3ccccc32)cc1. The van der Waals surface area contributed by atoms with Gasteiger partial charge in [-0.25, -0.2) is 4.98 Å². The molecule has 1 fully saturated rings. The van der Waals surface area contributed by atoms with Crippen LogP contribution in [0.25, 0.3) is 0 Å². The van der Waals surface area contributed by atoms with E-state index in [1.54, 1.807) is 52.7 Å². The number of rotatable bonds is 5. The summed E-state index contributed by atoms with van der Waals surface area (Å²) >= 11 is 1.36. The fourth-order valence-electron chi connectivity index (χ4n) is 3.99. The zero-order valence-corrected chi connectivity index (χ0v) is 18.9. The van der Waals surface area contributed by atoms with Gasteiger partial charge in [-0.2, -0.15) is 0 Å². The molecule has 10 heteroatoms. The smallest absolute Gasteiger partial charge is 0.258 e. The van der Waals surface area contributed by atoms with Crippen molar-refractivity contribution in [2.45, 2.75) is 19.3 Å². The maximum absolute atomic E-state index is 13.0. The standard InChI is InChI=1S/C24H21N5O4S/c30-20(12-17-14-34-24(26-17)28-11-3-6-22(28)32)25-16-9-7-15(8-10-16)23(33)29-13-21(31)27-18-4-1-2-5-19(18)29/h1-2,4-5,7-10,14H,3,6,11-13H2,(H,25,30)(H,27,31). The highest BCUT2D eigenvalue weighted by molar-refractivity contribution is 7.14. The number of benzene rings is 2. The van der Waals surface area contributed by atoms with Gasteiger partial charge >= 0.3 is 0 Å². The second-order valence-corrected chi connectivity index (χ2v) is 8.87. The molecule has 0 atom stereocenters. The van der Waals surface area contributed by atoms with Gasteiger partial charge in [-0.05, 0) is 42.8 Å². The van der Waals surface area contributed by atoms with Gasteiger partial charge in [0.1, 0.15) is 6.54 Å². The Balaban J connectivity index is 1.22. The Bertz CT molecular complexity index is 1290. The number of aromatic nitrogens is 1. The average molecular weight is 476 g/mol. The zero-order chi connectivity index (χ0) is 23.7. The number of fused-ring (bicyclic) bond motifs is 1. The largest absolute Gasteiger partial charge is 0.326 e. The summed E-state index contributed by atoms with van der Waals surface area (Å²) in [4.78, 5) is 56.9. The number of anilines is 4. The predicted octanol–water partition coefficient (Wildman–Crippen LogP) is 3.05. The van der Waals surface area contributed by atoms with Crippen molar-refractivity contribution in [3.8, 4) is 0 Å². The Morgan fingerprint density at radius 1 is 1.09 bits per heavy atom. The quantitative estimate of drug-likeness (QED) is 0.589. The van der Waals surface area contributed by atoms with E-state index in [1.807, 2.05) is 6.07 Å². The van der Waals surface area contributed by atoms with Crippen LogP contribution in [0.2, 0.25) is 0 Å². The van der Waals surface area contributed by atoms with E-state index in [0.29, 0.717) is 46.4 Å². The molecule has 2 N–H and O–H groups in total. The second-order valence-electron chi connectivity index (χ2n) is 8.03. The van der Waals surface area contributed by atoms with Crippen LogP contribution < -0.4 is 20.4 Å². The van der Waals surface area contributed by atoms with Gasteiger partial charge < -0.3 is 10.6 Å². The number of hydrogen-bond donors (Lipinski definition) is 2. The molecule has 2 aromatic carbocycles. The summed E-state index contributed by atoms with van der Waals surface area (Å²) in [7, 11) is 0. The molecule has 1 saturated heterocycles. The molecule has 1 aromatic heterocycles. The van der Waals surface area contributed by atoms with E-state index in [9.17, 15) is 19.2 Å². The van der Waals surface area contributed by atoms with Crippen molar-refractivity contribution in [3.05, 3.63) is 65.2 Å². The van der Waals surface area contributed by atoms with E-state index >= 15 is 0 Å². The molecule has 0 saturated carbocycles. The molecule has 2 aliphatic rings. The Morgan fingerprint density at radius 3 is 2.65 bits per heavy atom. The number of para-hydroxylation sites is 2. The highest BCUT2D eigenvalue weighted by Gasteiger charge is 2.27. The van der Waals surface area contributed by atoms with Crippen LogP contribution in [0.5, 0.6) is 0 Å². The van der Waals surface area contributed by atoms with Gasteiger partial charge in [-0.3, -0.25) is 29.0 Å². The summed E-state index contributed by atoms with van der Waals surface area (Å²) < 4.78 is 0. The first-order valence-electron chi connectivity index (χ1n) is 10.8. The monoisotopic (exact) mass is 475 g/mol. The minimum absolute atomic E-state index is 0.0625. The van der Waals surface area contributed by atoms with Crippen LogP contribution in [0, 0.1) is 0 Å². The molecule has 3 aromatic rings. The van der Waals surface area contributed by atoms with Crippen LogP contribution in [-0.2, 0) is 20.8 Å². The van der Waals surface area contributed by atoms with Gasteiger partial charge in [0.25, 0.3) is 5.91 Å². The van der Waals surface area contributed by atoms with Crippen molar-refractivity contribution >= 4 is 57.2 Å². The van der Waals surface area contributed by atoms with Gasteiger partial charge in [0, 0.05) is 29.6 Å². The average Bonchev–Trinajstić information content (AvgIpc) is 3.47. The molecule has 0 bridgehead atoms. The number of nitrogens with one attached hydrogen (secondary N) is 2. The van der Waals surface area contributed by atoms with Gasteiger partial charge in [-0.1, -0.05) is 12.1 Å². The number of carbonyl (C=O) groups excluding carboxylic acids is 4. The minimum Gasteiger partial charge on any atom is -0.326 e. The number of hydrogen-bond acceptors (Lipinski definition) is 6. The number of thiazole rings is 1. The van der Waals surface area contributed by atoms with Crippen molar-refractivity contribution in [2.24, 2.45) is 0 Å². The second kappa shape index (κ2) is 9.06. The maximum Gasteiger partial charge on any atom is 0.258 e. The van der Waals surface area contributed by atoms with E-state index in [4.69, 9.17) is 0 Å². The topological polar surface area (TPSA) is 112 Å². The normalized spacial score (nSPS) is 15.2. The fraction of sp³-hybridized carbons (Fsp3) is 0.208. The third-order valence-corrected chi connectivity index (χ3v) is 6.53. The first kappa shape index (κ1) is 21.8. The summed E-state index contributed by atoms with van der Waals surface area (Å²) in [5, 5.41) is 7.98. The van der Waals surface area contributed by atoms with Crippen LogP contribution in [0.4, 0.5) is 22.2 Å². The third-order valence-electron chi connectivity index (χ3n) is 5.62. The molecule has 9 nitrogen and oxygen atoms in total. The van der Waals surface area contributed by atoms with Crippen molar-refractivity contribution in [3.63, 3.8) is 0 Å². The lowest BCUT2D eigenvalue weighted by Gasteiger charge is -2.29. The van der Waals surface area contributed by atoms with E-state index in [-0.39, 0.29) is 36.6 Å². The lowest BCUT2D eigenvalue weighted by Crippen LogP contribution is -2.42. The molecule has 172 valence electrons. The van der Waals surface area contributed by atoms with Crippen LogP contribution in [0.3, 0.4) is 0 Å². The highest BCUT2D eigenvalue weighted by atomic mass is 32.1. The zero-order valence-electron chi connectivity index (χ0n) is 18.1. The van der Waals surface area contributed by atoms with Gasteiger partial charge in [0.05, 0.1) is 23.5 Å². The molecule has 2 aliphatic heterocycles. The summed E-state index contributed by atoms with van der Waals surface area (Å²) in [5.74, 6) is -0.735. The molecular formula is C24H21N5O4S. The molecule has 5 rings (SSSR count).